The SMILES string of the molecule is COC[C@H]1C[C@@H]1B1OC(C)(C)C(C)(C)O1. The molecule has 0 aromatic carbocycles. The molecule has 2 fully saturated rings. The summed E-state index contributed by atoms with van der Waals surface area (Å²) in [6.45, 7) is 9.22. The summed E-state index contributed by atoms with van der Waals surface area (Å²) in [4.78, 5) is 0. The first kappa shape index (κ1) is 11.4. The minimum atomic E-state index is -0.197. The molecule has 0 bridgehead atoms. The van der Waals surface area contributed by atoms with Gasteiger partial charge >= 0.3 is 7.12 Å². The van der Waals surface area contributed by atoms with Gasteiger partial charge in [0.1, 0.15) is 0 Å². The Balaban J connectivity index is 1.94. The van der Waals surface area contributed by atoms with Gasteiger partial charge in [-0.05, 0) is 45.9 Å². The zero-order chi connectivity index (χ0) is 11.3. The van der Waals surface area contributed by atoms with Crippen molar-refractivity contribution in [2.45, 2.75) is 51.1 Å². The largest absolute Gasteiger partial charge is 0.461 e. The summed E-state index contributed by atoms with van der Waals surface area (Å²) in [7, 11) is 1.72. The van der Waals surface area contributed by atoms with E-state index in [0.29, 0.717) is 11.7 Å². The predicted molar refractivity (Wildman–Crippen MR) is 59.8 cm³/mol. The standard InChI is InChI=1S/C11H21BO3/c1-10(2)11(3,4)15-12(14-10)9-6-8(9)7-13-5/h8-9H,6-7H2,1-5H3/t8-,9+/m1/s1. The summed E-state index contributed by atoms with van der Waals surface area (Å²) < 4.78 is 17.1. The van der Waals surface area contributed by atoms with Crippen molar-refractivity contribution < 1.29 is 14.0 Å². The van der Waals surface area contributed by atoms with Crippen LogP contribution in [0.5, 0.6) is 0 Å². The van der Waals surface area contributed by atoms with Crippen LogP contribution >= 0.6 is 0 Å². The fourth-order valence-electron chi connectivity index (χ4n) is 2.07. The van der Waals surface area contributed by atoms with Gasteiger partial charge in [-0.2, -0.15) is 0 Å². The third-order valence-corrected chi connectivity index (χ3v) is 3.98. The van der Waals surface area contributed by atoms with E-state index in [1.807, 2.05) is 0 Å². The normalized spacial score (nSPS) is 37.0. The van der Waals surface area contributed by atoms with Crippen molar-refractivity contribution in [3.05, 3.63) is 0 Å². The number of hydrogen-bond donors (Lipinski definition) is 0. The fourth-order valence-corrected chi connectivity index (χ4v) is 2.07. The van der Waals surface area contributed by atoms with E-state index >= 15 is 0 Å². The average molecular weight is 212 g/mol. The molecule has 86 valence electrons. The Kier molecular flexibility index (Phi) is 2.65. The van der Waals surface area contributed by atoms with Crippen LogP contribution in [-0.4, -0.2) is 32.0 Å². The van der Waals surface area contributed by atoms with Crippen molar-refractivity contribution >= 4 is 7.12 Å². The molecule has 2 aliphatic rings. The maximum absolute atomic E-state index is 5.99. The Hall–Kier alpha value is -0.0551. The molecule has 15 heavy (non-hydrogen) atoms. The number of rotatable bonds is 3. The van der Waals surface area contributed by atoms with E-state index in [-0.39, 0.29) is 18.3 Å². The highest BCUT2D eigenvalue weighted by atomic mass is 16.7. The molecule has 1 aliphatic heterocycles. The predicted octanol–water partition coefficient (Wildman–Crippen LogP) is 2.12. The smallest absolute Gasteiger partial charge is 0.403 e. The quantitative estimate of drug-likeness (QED) is 0.670. The van der Waals surface area contributed by atoms with E-state index < -0.39 is 0 Å². The second kappa shape index (κ2) is 3.47. The zero-order valence-electron chi connectivity index (χ0n) is 10.4. The van der Waals surface area contributed by atoms with Gasteiger partial charge in [-0.1, -0.05) is 0 Å². The molecule has 1 saturated carbocycles. The molecular formula is C11H21BO3. The van der Waals surface area contributed by atoms with Crippen LogP contribution in [0.3, 0.4) is 0 Å². The van der Waals surface area contributed by atoms with E-state index in [9.17, 15) is 0 Å². The first-order valence-corrected chi connectivity index (χ1v) is 5.72. The molecule has 2 rings (SSSR count). The second-order valence-electron chi connectivity index (χ2n) is 5.74. The van der Waals surface area contributed by atoms with Crippen LogP contribution in [-0.2, 0) is 14.0 Å². The van der Waals surface area contributed by atoms with E-state index in [4.69, 9.17) is 14.0 Å². The van der Waals surface area contributed by atoms with Crippen molar-refractivity contribution in [1.82, 2.24) is 0 Å². The van der Waals surface area contributed by atoms with E-state index in [0.717, 1.165) is 6.61 Å². The van der Waals surface area contributed by atoms with Crippen LogP contribution < -0.4 is 0 Å². The maximum atomic E-state index is 5.99. The third-order valence-electron chi connectivity index (χ3n) is 3.98. The summed E-state index contributed by atoms with van der Waals surface area (Å²) >= 11 is 0. The van der Waals surface area contributed by atoms with Crippen molar-refractivity contribution in [2.75, 3.05) is 13.7 Å². The van der Waals surface area contributed by atoms with Gasteiger partial charge in [-0.15, -0.1) is 0 Å². The molecule has 1 aliphatic carbocycles. The second-order valence-corrected chi connectivity index (χ2v) is 5.74. The summed E-state index contributed by atoms with van der Waals surface area (Å²) in [6.07, 6.45) is 1.17. The summed E-state index contributed by atoms with van der Waals surface area (Å²) in [6, 6.07) is 0. The highest BCUT2D eigenvalue weighted by Crippen LogP contribution is 2.52. The number of ether oxygens (including phenoxy) is 1. The highest BCUT2D eigenvalue weighted by Gasteiger charge is 2.59. The van der Waals surface area contributed by atoms with Gasteiger partial charge in [0.2, 0.25) is 0 Å². The number of methoxy groups -OCH3 is 1. The van der Waals surface area contributed by atoms with Crippen LogP contribution in [0.1, 0.15) is 34.1 Å². The fraction of sp³-hybridized carbons (Fsp3) is 1.00. The monoisotopic (exact) mass is 212 g/mol. The van der Waals surface area contributed by atoms with Gasteiger partial charge in [0.25, 0.3) is 0 Å². The number of hydrogen-bond acceptors (Lipinski definition) is 3. The van der Waals surface area contributed by atoms with Gasteiger partial charge in [0.15, 0.2) is 0 Å². The molecule has 0 radical (unpaired) electrons. The Bertz CT molecular complexity index is 236. The maximum Gasteiger partial charge on any atom is 0.461 e. The van der Waals surface area contributed by atoms with Crippen LogP contribution in [0.2, 0.25) is 5.82 Å². The highest BCUT2D eigenvalue weighted by molar-refractivity contribution is 6.48. The lowest BCUT2D eigenvalue weighted by atomic mass is 9.81. The Labute approximate surface area is 92.6 Å². The first-order valence-electron chi connectivity index (χ1n) is 5.72. The van der Waals surface area contributed by atoms with Crippen LogP contribution in [0.25, 0.3) is 0 Å². The zero-order valence-corrected chi connectivity index (χ0v) is 10.4. The summed E-state index contributed by atoms with van der Waals surface area (Å²) in [5.41, 5.74) is -0.393. The van der Waals surface area contributed by atoms with E-state index in [2.05, 4.69) is 27.7 Å². The van der Waals surface area contributed by atoms with Crippen LogP contribution in [0.15, 0.2) is 0 Å². The molecule has 0 amide bonds. The molecule has 0 aromatic rings. The van der Waals surface area contributed by atoms with Gasteiger partial charge in [0.05, 0.1) is 11.2 Å². The molecule has 1 heterocycles. The van der Waals surface area contributed by atoms with E-state index in [1.54, 1.807) is 7.11 Å². The van der Waals surface area contributed by atoms with Crippen molar-refractivity contribution in [1.29, 1.82) is 0 Å². The lowest BCUT2D eigenvalue weighted by Crippen LogP contribution is -2.41. The molecule has 1 saturated heterocycles. The molecule has 0 aromatic heterocycles. The van der Waals surface area contributed by atoms with Crippen molar-refractivity contribution in [3.8, 4) is 0 Å². The van der Waals surface area contributed by atoms with Gasteiger partial charge in [0, 0.05) is 13.7 Å². The van der Waals surface area contributed by atoms with Crippen molar-refractivity contribution in [2.24, 2.45) is 5.92 Å². The minimum Gasteiger partial charge on any atom is -0.403 e. The minimum absolute atomic E-state index is 0.0323. The molecule has 4 heteroatoms. The summed E-state index contributed by atoms with van der Waals surface area (Å²) in [5, 5.41) is 0. The third kappa shape index (κ3) is 1.95. The lowest BCUT2D eigenvalue weighted by Gasteiger charge is -2.32. The van der Waals surface area contributed by atoms with Gasteiger partial charge in [-0.3, -0.25) is 0 Å². The summed E-state index contributed by atoms with van der Waals surface area (Å²) in [5.74, 6) is 1.16. The topological polar surface area (TPSA) is 27.7 Å². The first-order chi connectivity index (χ1) is 6.87. The Morgan fingerprint density at radius 1 is 1.20 bits per heavy atom. The molecule has 0 unspecified atom stereocenters. The molecule has 3 nitrogen and oxygen atoms in total. The van der Waals surface area contributed by atoms with Gasteiger partial charge < -0.3 is 14.0 Å². The lowest BCUT2D eigenvalue weighted by molar-refractivity contribution is 0.00578. The average Bonchev–Trinajstić information content (AvgIpc) is 2.77. The Morgan fingerprint density at radius 2 is 1.73 bits per heavy atom. The Morgan fingerprint density at radius 3 is 2.20 bits per heavy atom. The van der Waals surface area contributed by atoms with Crippen LogP contribution in [0, 0.1) is 5.92 Å². The molecular weight excluding hydrogens is 191 g/mol. The van der Waals surface area contributed by atoms with Crippen LogP contribution in [0.4, 0.5) is 0 Å². The molecule has 0 N–H and O–H groups in total. The van der Waals surface area contributed by atoms with Gasteiger partial charge in [-0.25, -0.2) is 0 Å². The van der Waals surface area contributed by atoms with E-state index in [1.165, 1.54) is 6.42 Å². The molecule has 0 spiro atoms. The van der Waals surface area contributed by atoms with Crippen molar-refractivity contribution in [3.63, 3.8) is 0 Å². The molecule has 2 atom stereocenters.